The fraction of sp³-hybridized carbons (Fsp3) is 0.118. The van der Waals surface area contributed by atoms with Crippen molar-refractivity contribution < 1.29 is 4.74 Å². The largest absolute Gasteiger partial charge is 0.493 e. The summed E-state index contributed by atoms with van der Waals surface area (Å²) in [4.78, 5) is 4.45. The van der Waals surface area contributed by atoms with E-state index in [2.05, 4.69) is 21.3 Å². The molecular weight excluding hydrogens is 308 g/mol. The number of hydrogen-bond acceptors (Lipinski definition) is 5. The zero-order valence-electron chi connectivity index (χ0n) is 12.3. The van der Waals surface area contributed by atoms with Crippen LogP contribution >= 0.6 is 11.8 Å². The van der Waals surface area contributed by atoms with Gasteiger partial charge in [0.1, 0.15) is 5.75 Å². The van der Waals surface area contributed by atoms with Crippen molar-refractivity contribution in [1.82, 2.24) is 15.2 Å². The summed E-state index contributed by atoms with van der Waals surface area (Å²) in [6, 6.07) is 19.0. The Morgan fingerprint density at radius 2 is 1.87 bits per heavy atom. The Morgan fingerprint density at radius 1 is 1.09 bits per heavy atom. The van der Waals surface area contributed by atoms with Crippen molar-refractivity contribution in [1.29, 1.82) is 5.26 Å². The predicted molar refractivity (Wildman–Crippen MR) is 89.2 cm³/mol. The maximum atomic E-state index is 8.74. The maximum Gasteiger partial charge on any atom is 0.208 e. The van der Waals surface area contributed by atoms with Crippen LogP contribution in [0, 0.1) is 11.3 Å². The second kappa shape index (κ2) is 7.47. The second-order valence-electron chi connectivity index (χ2n) is 4.67. The average molecular weight is 322 g/mol. The van der Waals surface area contributed by atoms with Crippen LogP contribution in [0.5, 0.6) is 5.75 Å². The average Bonchev–Trinajstić information content (AvgIpc) is 3.09. The summed E-state index contributed by atoms with van der Waals surface area (Å²) in [5, 5.41) is 16.6. The van der Waals surface area contributed by atoms with Crippen LogP contribution in [0.1, 0.15) is 5.56 Å². The van der Waals surface area contributed by atoms with Gasteiger partial charge in [-0.1, -0.05) is 42.1 Å². The van der Waals surface area contributed by atoms with Gasteiger partial charge < -0.3 is 4.74 Å². The van der Waals surface area contributed by atoms with Gasteiger partial charge in [0.15, 0.2) is 5.82 Å². The molecule has 0 saturated heterocycles. The molecule has 0 spiro atoms. The van der Waals surface area contributed by atoms with Crippen LogP contribution < -0.4 is 4.74 Å². The first-order valence-corrected chi connectivity index (χ1v) is 8.07. The lowest BCUT2D eigenvalue weighted by Crippen LogP contribution is -2.00. The maximum absolute atomic E-state index is 8.74. The van der Waals surface area contributed by atoms with E-state index in [1.54, 1.807) is 24.3 Å². The number of aromatic amines is 1. The highest BCUT2D eigenvalue weighted by atomic mass is 32.2. The predicted octanol–water partition coefficient (Wildman–Crippen LogP) is 3.51. The highest BCUT2D eigenvalue weighted by molar-refractivity contribution is 7.99. The zero-order valence-corrected chi connectivity index (χ0v) is 13.1. The molecule has 0 aliphatic heterocycles. The monoisotopic (exact) mass is 322 g/mol. The number of nitrogens with one attached hydrogen (secondary N) is 1. The molecule has 23 heavy (non-hydrogen) atoms. The van der Waals surface area contributed by atoms with E-state index in [0.29, 0.717) is 17.3 Å². The van der Waals surface area contributed by atoms with Gasteiger partial charge in [0.05, 0.1) is 18.2 Å². The Morgan fingerprint density at radius 3 is 2.61 bits per heavy atom. The van der Waals surface area contributed by atoms with Crippen molar-refractivity contribution in [2.75, 3.05) is 12.4 Å². The fourth-order valence-electron chi connectivity index (χ4n) is 1.95. The number of nitrogens with zero attached hydrogens (tertiary/aromatic N) is 3. The molecule has 3 aromatic rings. The van der Waals surface area contributed by atoms with Crippen LogP contribution in [0.25, 0.3) is 11.4 Å². The van der Waals surface area contributed by atoms with Crippen molar-refractivity contribution in [2.45, 2.75) is 5.16 Å². The lowest BCUT2D eigenvalue weighted by Gasteiger charge is -2.04. The number of H-pyrrole nitrogens is 1. The van der Waals surface area contributed by atoms with Crippen LogP contribution in [-0.4, -0.2) is 27.5 Å². The molecule has 0 radical (unpaired) electrons. The quantitative estimate of drug-likeness (QED) is 0.555. The molecule has 0 fully saturated rings. The fourth-order valence-corrected chi connectivity index (χ4v) is 2.57. The van der Waals surface area contributed by atoms with Crippen LogP contribution in [0.2, 0.25) is 0 Å². The van der Waals surface area contributed by atoms with Crippen molar-refractivity contribution in [3.8, 4) is 23.2 Å². The lowest BCUT2D eigenvalue weighted by atomic mass is 10.2. The SMILES string of the molecule is N#Cc1ccc(OCCSc2n[nH]c(-c3ccccc3)n2)cc1. The van der Waals surface area contributed by atoms with Crippen molar-refractivity contribution in [3.63, 3.8) is 0 Å². The number of thioether (sulfide) groups is 1. The molecule has 1 N–H and O–H groups in total. The summed E-state index contributed by atoms with van der Waals surface area (Å²) in [5.41, 5.74) is 1.64. The molecule has 6 heteroatoms. The third-order valence-electron chi connectivity index (χ3n) is 3.08. The first kappa shape index (κ1) is 15.1. The normalized spacial score (nSPS) is 10.2. The molecular formula is C17H14N4OS. The van der Waals surface area contributed by atoms with Crippen molar-refractivity contribution >= 4 is 11.8 Å². The Bertz CT molecular complexity index is 793. The summed E-state index contributed by atoms with van der Waals surface area (Å²) < 4.78 is 5.62. The second-order valence-corrected chi connectivity index (χ2v) is 5.73. The molecule has 0 aliphatic carbocycles. The van der Waals surface area contributed by atoms with Gasteiger partial charge in [-0.2, -0.15) is 5.26 Å². The highest BCUT2D eigenvalue weighted by Gasteiger charge is 2.05. The third-order valence-corrected chi connectivity index (χ3v) is 3.89. The summed E-state index contributed by atoms with van der Waals surface area (Å²) in [6.07, 6.45) is 0. The van der Waals surface area contributed by atoms with Crippen LogP contribution in [0.15, 0.2) is 59.8 Å². The molecule has 5 nitrogen and oxygen atoms in total. The van der Waals surface area contributed by atoms with Crippen molar-refractivity contribution in [3.05, 3.63) is 60.2 Å². The minimum Gasteiger partial charge on any atom is -0.493 e. The summed E-state index contributed by atoms with van der Waals surface area (Å²) >= 11 is 1.53. The van der Waals surface area contributed by atoms with E-state index in [9.17, 15) is 0 Å². The van der Waals surface area contributed by atoms with Gasteiger partial charge in [-0.15, -0.1) is 5.10 Å². The van der Waals surface area contributed by atoms with Gasteiger partial charge in [-0.3, -0.25) is 5.10 Å². The molecule has 114 valence electrons. The first-order valence-electron chi connectivity index (χ1n) is 7.09. The molecule has 0 aliphatic rings. The summed E-state index contributed by atoms with van der Waals surface area (Å²) in [5.74, 6) is 2.26. The van der Waals surface area contributed by atoms with Crippen molar-refractivity contribution in [2.24, 2.45) is 0 Å². The topological polar surface area (TPSA) is 74.6 Å². The van der Waals surface area contributed by atoms with E-state index in [-0.39, 0.29) is 0 Å². The number of aromatic nitrogens is 3. The first-order chi connectivity index (χ1) is 11.3. The highest BCUT2D eigenvalue weighted by Crippen LogP contribution is 2.19. The van der Waals surface area contributed by atoms with Gasteiger partial charge in [-0.25, -0.2) is 4.98 Å². The molecule has 1 aromatic heterocycles. The minimum atomic E-state index is 0.547. The molecule has 0 bridgehead atoms. The number of ether oxygens (including phenoxy) is 1. The zero-order chi connectivity index (χ0) is 15.9. The van der Waals surface area contributed by atoms with Gasteiger partial charge in [0.2, 0.25) is 5.16 Å². The van der Waals surface area contributed by atoms with E-state index in [0.717, 1.165) is 22.9 Å². The Hall–Kier alpha value is -2.78. The van der Waals surface area contributed by atoms with E-state index in [4.69, 9.17) is 10.00 Å². The van der Waals surface area contributed by atoms with Gasteiger partial charge in [-0.05, 0) is 24.3 Å². The summed E-state index contributed by atoms with van der Waals surface area (Å²) in [6.45, 7) is 0.547. The summed E-state index contributed by atoms with van der Waals surface area (Å²) in [7, 11) is 0. The molecule has 1 heterocycles. The Labute approximate surface area is 138 Å². The van der Waals surface area contributed by atoms with Gasteiger partial charge >= 0.3 is 0 Å². The number of nitriles is 1. The van der Waals surface area contributed by atoms with Gasteiger partial charge in [0, 0.05) is 11.3 Å². The van der Waals surface area contributed by atoms with E-state index < -0.39 is 0 Å². The molecule has 0 atom stereocenters. The van der Waals surface area contributed by atoms with Crippen LogP contribution in [0.4, 0.5) is 0 Å². The number of hydrogen-bond donors (Lipinski definition) is 1. The Kier molecular flexibility index (Phi) is 4.92. The van der Waals surface area contributed by atoms with Crippen LogP contribution in [0.3, 0.4) is 0 Å². The molecule has 3 rings (SSSR count). The smallest absolute Gasteiger partial charge is 0.208 e. The number of rotatable bonds is 6. The lowest BCUT2D eigenvalue weighted by molar-refractivity contribution is 0.344. The van der Waals surface area contributed by atoms with E-state index >= 15 is 0 Å². The van der Waals surface area contributed by atoms with E-state index in [1.807, 2.05) is 30.3 Å². The number of benzene rings is 2. The molecule has 0 unspecified atom stereocenters. The minimum absolute atomic E-state index is 0.547. The Balaban J connectivity index is 1.47. The van der Waals surface area contributed by atoms with Gasteiger partial charge in [0.25, 0.3) is 0 Å². The standard InChI is InChI=1S/C17H14N4OS/c18-12-13-6-8-15(9-7-13)22-10-11-23-17-19-16(20-21-17)14-4-2-1-3-5-14/h1-9H,10-11H2,(H,19,20,21). The molecule has 0 amide bonds. The van der Waals surface area contributed by atoms with Crippen LogP contribution in [-0.2, 0) is 0 Å². The van der Waals surface area contributed by atoms with E-state index in [1.165, 1.54) is 11.8 Å². The molecule has 2 aromatic carbocycles. The molecule has 0 saturated carbocycles. The third kappa shape index (κ3) is 4.11.